The van der Waals surface area contributed by atoms with E-state index in [0.29, 0.717) is 30.2 Å². The molecule has 1 aliphatic rings. The molecule has 1 N–H and O–H groups in total. The van der Waals surface area contributed by atoms with Crippen LogP contribution in [0.4, 0.5) is 11.6 Å². The summed E-state index contributed by atoms with van der Waals surface area (Å²) in [6.45, 7) is 2.76. The Morgan fingerprint density at radius 3 is 2.31 bits per heavy atom. The summed E-state index contributed by atoms with van der Waals surface area (Å²) in [5.41, 5.74) is 0.819. The Morgan fingerprint density at radius 1 is 0.931 bits per heavy atom. The van der Waals surface area contributed by atoms with Crippen molar-refractivity contribution in [2.75, 3.05) is 36.0 Å². The van der Waals surface area contributed by atoms with Crippen LogP contribution < -0.4 is 9.80 Å². The molecule has 0 unspecified atom stereocenters. The smallest absolute Gasteiger partial charge is 0.343 e. The molecule has 1 aliphatic heterocycles. The molecule has 1 fully saturated rings. The lowest BCUT2D eigenvalue weighted by Gasteiger charge is -2.35. The topological polar surface area (TPSA) is 82.7 Å². The van der Waals surface area contributed by atoms with E-state index in [2.05, 4.69) is 26.6 Å². The highest BCUT2D eigenvalue weighted by molar-refractivity contribution is 7.13. The average Bonchev–Trinajstić information content (AvgIpc) is 3.39. The quantitative estimate of drug-likeness (QED) is 0.549. The zero-order valence-electron chi connectivity index (χ0n) is 15.5. The summed E-state index contributed by atoms with van der Waals surface area (Å²) in [5, 5.41) is 15.1. The van der Waals surface area contributed by atoms with Gasteiger partial charge >= 0.3 is 5.97 Å². The molecule has 0 spiro atoms. The third kappa shape index (κ3) is 3.11. The highest BCUT2D eigenvalue weighted by Crippen LogP contribution is 2.33. The average molecular weight is 406 g/mol. The lowest BCUT2D eigenvalue weighted by Crippen LogP contribution is -2.47. The molecule has 2 aromatic carbocycles. The third-order valence-corrected chi connectivity index (χ3v) is 5.98. The van der Waals surface area contributed by atoms with Gasteiger partial charge in [0, 0.05) is 37.1 Å². The second-order valence-corrected chi connectivity index (χ2v) is 7.66. The van der Waals surface area contributed by atoms with Gasteiger partial charge in [0.2, 0.25) is 0 Å². The van der Waals surface area contributed by atoms with Crippen molar-refractivity contribution in [2.24, 2.45) is 0 Å². The van der Waals surface area contributed by atoms with Gasteiger partial charge in [0.1, 0.15) is 5.82 Å². The van der Waals surface area contributed by atoms with Gasteiger partial charge in [0.25, 0.3) is 0 Å². The fourth-order valence-corrected chi connectivity index (χ4v) is 4.50. The monoisotopic (exact) mass is 406 g/mol. The predicted octanol–water partition coefficient (Wildman–Crippen LogP) is 3.98. The number of hydrogen-bond donors (Lipinski definition) is 1. The summed E-state index contributed by atoms with van der Waals surface area (Å²) < 4.78 is 11.3. The van der Waals surface area contributed by atoms with Crippen molar-refractivity contribution in [1.82, 2.24) is 9.53 Å². The molecule has 0 saturated carbocycles. The van der Waals surface area contributed by atoms with E-state index in [1.165, 1.54) is 16.2 Å². The Balaban J connectivity index is 1.40. The molecule has 29 heavy (non-hydrogen) atoms. The summed E-state index contributed by atoms with van der Waals surface area (Å²) in [5.74, 6) is 0.641. The van der Waals surface area contributed by atoms with E-state index in [0.717, 1.165) is 24.3 Å². The van der Waals surface area contributed by atoms with Gasteiger partial charge in [-0.1, -0.05) is 47.6 Å². The number of fused-ring (bicyclic) bond motifs is 1. The first-order chi connectivity index (χ1) is 14.2. The summed E-state index contributed by atoms with van der Waals surface area (Å²) in [4.78, 5) is 16.2. The van der Waals surface area contributed by atoms with E-state index < -0.39 is 5.97 Å². The largest absolute Gasteiger partial charge is 0.477 e. The van der Waals surface area contributed by atoms with Gasteiger partial charge in [-0.05, 0) is 23.7 Å². The van der Waals surface area contributed by atoms with Gasteiger partial charge in [-0.15, -0.1) is 0 Å². The number of rotatable bonds is 4. The van der Waals surface area contributed by atoms with E-state index in [-0.39, 0.29) is 5.56 Å². The number of piperazine rings is 1. The summed E-state index contributed by atoms with van der Waals surface area (Å²) in [7, 11) is 0. The van der Waals surface area contributed by atoms with Crippen LogP contribution in [0.15, 0.2) is 59.1 Å². The molecular formula is C21H18N4O3S. The van der Waals surface area contributed by atoms with Crippen LogP contribution in [0.3, 0.4) is 0 Å². The van der Waals surface area contributed by atoms with Gasteiger partial charge in [-0.2, -0.15) is 4.37 Å². The minimum atomic E-state index is -1.03. The Kier molecular flexibility index (Phi) is 4.40. The highest BCUT2D eigenvalue weighted by Gasteiger charge is 2.30. The molecule has 0 amide bonds. The van der Waals surface area contributed by atoms with Crippen molar-refractivity contribution in [2.45, 2.75) is 0 Å². The zero-order chi connectivity index (χ0) is 19.8. The molecule has 8 heteroatoms. The number of anilines is 2. The minimum Gasteiger partial charge on any atom is -0.477 e. The fraction of sp³-hybridized carbons (Fsp3) is 0.190. The molecule has 0 aliphatic carbocycles. The predicted molar refractivity (Wildman–Crippen MR) is 113 cm³/mol. The van der Waals surface area contributed by atoms with Crippen molar-refractivity contribution in [3.63, 3.8) is 0 Å². The first-order valence-electron chi connectivity index (χ1n) is 9.35. The maximum atomic E-state index is 12.0. The van der Waals surface area contributed by atoms with Gasteiger partial charge in [0.05, 0.1) is 4.70 Å². The highest BCUT2D eigenvalue weighted by atomic mass is 32.1. The molecule has 0 radical (unpaired) electrons. The number of benzene rings is 2. The molecular weight excluding hydrogens is 388 g/mol. The van der Waals surface area contributed by atoms with Crippen molar-refractivity contribution in [3.8, 4) is 11.3 Å². The lowest BCUT2D eigenvalue weighted by molar-refractivity contribution is 0.0698. The maximum Gasteiger partial charge on any atom is 0.343 e. The molecule has 2 aromatic heterocycles. The molecule has 7 nitrogen and oxygen atoms in total. The number of carboxylic acid groups (broad SMARTS) is 1. The van der Waals surface area contributed by atoms with Crippen LogP contribution in [-0.4, -0.2) is 46.8 Å². The Labute approximate surface area is 170 Å². The Hall–Kier alpha value is -3.39. The van der Waals surface area contributed by atoms with Crippen molar-refractivity contribution >= 4 is 39.2 Å². The van der Waals surface area contributed by atoms with Crippen LogP contribution in [0.2, 0.25) is 0 Å². The van der Waals surface area contributed by atoms with Crippen LogP contribution in [0.5, 0.6) is 0 Å². The second-order valence-electron chi connectivity index (χ2n) is 6.86. The van der Waals surface area contributed by atoms with E-state index in [1.54, 1.807) is 0 Å². The molecule has 146 valence electrons. The van der Waals surface area contributed by atoms with Gasteiger partial charge in [0.15, 0.2) is 17.1 Å². The second kappa shape index (κ2) is 7.21. The zero-order valence-corrected chi connectivity index (χ0v) is 16.3. The molecule has 3 heterocycles. The SMILES string of the molecule is O=C(O)c1c(N2CCN(c3nsc4ccccc34)CC2)noc1-c1ccccc1. The number of aromatic nitrogens is 2. The van der Waals surface area contributed by atoms with E-state index in [1.807, 2.05) is 47.4 Å². The van der Waals surface area contributed by atoms with Crippen molar-refractivity contribution in [1.29, 1.82) is 0 Å². The summed E-state index contributed by atoms with van der Waals surface area (Å²) in [6.07, 6.45) is 0. The van der Waals surface area contributed by atoms with E-state index in [9.17, 15) is 9.90 Å². The van der Waals surface area contributed by atoms with E-state index in [4.69, 9.17) is 4.52 Å². The normalized spacial score (nSPS) is 14.5. The third-order valence-electron chi connectivity index (χ3n) is 5.16. The van der Waals surface area contributed by atoms with Crippen LogP contribution in [0.1, 0.15) is 10.4 Å². The molecule has 5 rings (SSSR count). The first-order valence-corrected chi connectivity index (χ1v) is 10.1. The molecule has 1 saturated heterocycles. The van der Waals surface area contributed by atoms with Crippen LogP contribution in [-0.2, 0) is 0 Å². The summed E-state index contributed by atoms with van der Waals surface area (Å²) in [6, 6.07) is 17.4. The van der Waals surface area contributed by atoms with Crippen LogP contribution in [0.25, 0.3) is 21.4 Å². The molecule has 0 atom stereocenters. The van der Waals surface area contributed by atoms with Crippen LogP contribution >= 0.6 is 11.5 Å². The number of hydrogen-bond acceptors (Lipinski definition) is 7. The van der Waals surface area contributed by atoms with Crippen LogP contribution in [0, 0.1) is 0 Å². The van der Waals surface area contributed by atoms with Crippen molar-refractivity contribution in [3.05, 3.63) is 60.2 Å². The Morgan fingerprint density at radius 2 is 1.59 bits per heavy atom. The number of carbonyl (C=O) groups is 1. The fourth-order valence-electron chi connectivity index (χ4n) is 3.71. The Bertz CT molecular complexity index is 1160. The number of nitrogens with zero attached hydrogens (tertiary/aromatic N) is 4. The maximum absolute atomic E-state index is 12.0. The molecule has 0 bridgehead atoms. The standard InChI is InChI=1S/C21H18N4O3S/c26-21(27)17-18(14-6-2-1-3-7-14)28-22-20(17)25-12-10-24(11-13-25)19-15-8-4-5-9-16(15)29-23-19/h1-9H,10-13H2,(H,26,27). The minimum absolute atomic E-state index is 0.115. The first kappa shape index (κ1) is 17.7. The van der Waals surface area contributed by atoms with Gasteiger partial charge in [-0.3, -0.25) is 0 Å². The van der Waals surface area contributed by atoms with Gasteiger partial charge in [-0.25, -0.2) is 4.79 Å². The lowest BCUT2D eigenvalue weighted by atomic mass is 10.1. The number of aromatic carboxylic acids is 1. The van der Waals surface area contributed by atoms with Gasteiger partial charge < -0.3 is 19.4 Å². The van der Waals surface area contributed by atoms with E-state index >= 15 is 0 Å². The number of carboxylic acids is 1. The van der Waals surface area contributed by atoms with Crippen molar-refractivity contribution < 1.29 is 14.4 Å². The molecule has 4 aromatic rings. The summed E-state index contributed by atoms with van der Waals surface area (Å²) >= 11 is 1.50.